The molecule has 0 saturated carbocycles. The number of nitrogens with two attached hydrogens (primary N) is 2. The van der Waals surface area contributed by atoms with Gasteiger partial charge in [-0.1, -0.05) is 81.4 Å². The van der Waals surface area contributed by atoms with Crippen LogP contribution in [-0.4, -0.2) is 86.4 Å². The Kier molecular flexibility index (Phi) is 10.1. The number of anilines is 1. The number of benzene rings is 2. The first kappa shape index (κ1) is 40.4. The number of primary amides is 2. The van der Waals surface area contributed by atoms with Crippen molar-refractivity contribution in [3.63, 3.8) is 0 Å². The van der Waals surface area contributed by atoms with Crippen molar-refractivity contribution in [1.82, 2.24) is 25.6 Å². The maximum atomic E-state index is 15.0. The molecule has 6 atom stereocenters. The van der Waals surface area contributed by atoms with Gasteiger partial charge in [0.1, 0.15) is 17.3 Å². The minimum atomic E-state index is -1.83. The van der Waals surface area contributed by atoms with E-state index in [2.05, 4.69) is 15.8 Å². The zero-order valence-electron chi connectivity index (χ0n) is 32.9. The van der Waals surface area contributed by atoms with Crippen molar-refractivity contribution in [3.05, 3.63) is 83.1 Å². The van der Waals surface area contributed by atoms with E-state index in [0.29, 0.717) is 42.6 Å². The molecule has 3 aromatic rings. The van der Waals surface area contributed by atoms with Crippen molar-refractivity contribution < 1.29 is 43.5 Å². The molecule has 3 heterocycles. The van der Waals surface area contributed by atoms with Crippen LogP contribution in [0.2, 0.25) is 0 Å². The zero-order chi connectivity index (χ0) is 41.9. The molecular weight excluding hydrogens is 748 g/mol. The quantitative estimate of drug-likeness (QED) is 0.182. The predicted octanol–water partition coefficient (Wildman–Crippen LogP) is 3.07. The van der Waals surface area contributed by atoms with E-state index in [1.165, 1.54) is 6.26 Å². The minimum absolute atomic E-state index is 0.197. The van der Waals surface area contributed by atoms with E-state index >= 15 is 9.59 Å². The van der Waals surface area contributed by atoms with E-state index < -0.39 is 81.9 Å². The number of carbonyl (C=O) groups excluding carboxylic acids is 4. The van der Waals surface area contributed by atoms with Gasteiger partial charge in [0.25, 0.3) is 11.8 Å². The van der Waals surface area contributed by atoms with Crippen LogP contribution in [0.5, 0.6) is 0 Å². The summed E-state index contributed by atoms with van der Waals surface area (Å²) in [5, 5.41) is 28.9. The fraction of sp³-hybridized carbons (Fsp3) is 0.488. The summed E-state index contributed by atoms with van der Waals surface area (Å²) in [6.45, 7) is 7.55. The molecule has 2 saturated heterocycles. The van der Waals surface area contributed by atoms with Crippen LogP contribution >= 0.6 is 0 Å². The molecule has 9 rings (SSSR count). The molecule has 2 fully saturated rings. The van der Waals surface area contributed by atoms with E-state index in [1.807, 2.05) is 39.0 Å². The number of likely N-dealkylation sites (tertiary alicyclic amines) is 2. The highest BCUT2D eigenvalue weighted by molar-refractivity contribution is 6.00. The van der Waals surface area contributed by atoms with Crippen LogP contribution in [0, 0.1) is 22.7 Å². The first-order valence-electron chi connectivity index (χ1n) is 19.5. The summed E-state index contributed by atoms with van der Waals surface area (Å²) in [5.74, 6) is -4.58. The number of nitrogens with zero attached hydrogens (tertiary/aromatic N) is 4. The van der Waals surface area contributed by atoms with E-state index in [4.69, 9.17) is 16.0 Å². The van der Waals surface area contributed by atoms with E-state index in [1.54, 1.807) is 58.0 Å². The largest absolute Gasteiger partial charge is 0.465 e. The molecule has 6 aliphatic rings. The van der Waals surface area contributed by atoms with Crippen molar-refractivity contribution in [2.24, 2.45) is 34.1 Å². The number of aromatic nitrogens is 1. The van der Waals surface area contributed by atoms with Crippen LogP contribution < -0.4 is 27.0 Å². The average molecular weight is 799 g/mol. The van der Waals surface area contributed by atoms with Gasteiger partial charge < -0.3 is 31.1 Å². The Hall–Kier alpha value is -5.81. The molecule has 17 nitrogen and oxygen atoms in total. The fourth-order valence-electron chi connectivity index (χ4n) is 11.2. The Balaban J connectivity index is 1.48. The molecule has 4 aliphatic carbocycles. The van der Waals surface area contributed by atoms with Crippen LogP contribution in [0.3, 0.4) is 0 Å². The maximum Gasteiger partial charge on any atom is 0.411 e. The monoisotopic (exact) mass is 798 g/mol. The van der Waals surface area contributed by atoms with Crippen molar-refractivity contribution in [2.75, 3.05) is 18.0 Å². The molecule has 2 aromatic carbocycles. The summed E-state index contributed by atoms with van der Waals surface area (Å²) in [7, 11) is 0. The van der Waals surface area contributed by atoms with E-state index in [-0.39, 0.29) is 25.9 Å². The molecule has 308 valence electrons. The Labute approximate surface area is 335 Å². The number of carboxylic acid groups (broad SMARTS) is 2. The number of amides is 6. The molecular formula is C41H50N8O9. The number of carbonyl (C=O) groups is 6. The average Bonchev–Trinajstić information content (AvgIpc) is 3.94. The van der Waals surface area contributed by atoms with Gasteiger partial charge in [-0.3, -0.25) is 39.6 Å². The summed E-state index contributed by atoms with van der Waals surface area (Å²) in [6.07, 6.45) is -1.05. The molecule has 17 heteroatoms. The molecule has 6 amide bonds. The lowest BCUT2D eigenvalue weighted by Gasteiger charge is -2.59. The second-order valence-corrected chi connectivity index (χ2v) is 17.0. The second-order valence-electron chi connectivity index (χ2n) is 17.0. The fourth-order valence-corrected chi connectivity index (χ4v) is 11.2. The smallest absolute Gasteiger partial charge is 0.411 e. The summed E-state index contributed by atoms with van der Waals surface area (Å²) >= 11 is 0. The van der Waals surface area contributed by atoms with Crippen molar-refractivity contribution in [2.45, 2.75) is 89.6 Å². The Bertz CT molecular complexity index is 1990. The molecule has 58 heavy (non-hydrogen) atoms. The highest BCUT2D eigenvalue weighted by Crippen LogP contribution is 2.57. The van der Waals surface area contributed by atoms with Gasteiger partial charge >= 0.3 is 12.2 Å². The number of nitrogens with one attached hydrogen (secondary N) is 2. The summed E-state index contributed by atoms with van der Waals surface area (Å²) in [6, 6.07) is 16.0. The number of imide groups is 2. The normalized spacial score (nSPS) is 28.8. The van der Waals surface area contributed by atoms with Gasteiger partial charge in [-0.05, 0) is 60.8 Å². The highest BCUT2D eigenvalue weighted by atomic mass is 16.5. The lowest BCUT2D eigenvalue weighted by Crippen LogP contribution is -2.73. The molecule has 1 aromatic heterocycles. The molecule has 2 aliphatic heterocycles. The number of hydrogen-bond donors (Lipinski definition) is 6. The van der Waals surface area contributed by atoms with Crippen LogP contribution in [0.25, 0.3) is 0 Å². The Morgan fingerprint density at radius 2 is 1.09 bits per heavy atom. The highest BCUT2D eigenvalue weighted by Gasteiger charge is 2.67. The Morgan fingerprint density at radius 1 is 0.690 bits per heavy atom. The standard InChI is InChI=1S/C41H50N8O9/c1-38(2)27(32(42)50)21-23-9-13-25(14-10-23)40(38,34(52)44-36(54)55)47-18-5-7-30(47)49(29-17-20-58-46-29)31-8-6-19-48(31)41(35(53)45-37(56)57)26-15-11-24(12-16-26)22-28(33(43)51)39(41,3)4/h9-17,20,27-28,30-31H,5-8,18-19,21-22H2,1-4H3,(H2,42,50)(H2,43,51)(H,44,52)(H,45,53)(H,54,55)(H,56,57)/t27?,28?,30?,31?,40-,41-/m0/s1. The first-order chi connectivity index (χ1) is 27.4. The van der Waals surface area contributed by atoms with Crippen molar-refractivity contribution >= 4 is 41.6 Å². The van der Waals surface area contributed by atoms with Crippen molar-refractivity contribution in [1.29, 1.82) is 0 Å². The lowest BCUT2D eigenvalue weighted by atomic mass is 9.57. The van der Waals surface area contributed by atoms with Gasteiger partial charge in [0.2, 0.25) is 11.8 Å². The summed E-state index contributed by atoms with van der Waals surface area (Å²) in [4.78, 5) is 87.4. The molecule has 0 radical (unpaired) electrons. The van der Waals surface area contributed by atoms with Gasteiger partial charge in [0.15, 0.2) is 5.82 Å². The van der Waals surface area contributed by atoms with Gasteiger partial charge in [0.05, 0.1) is 12.3 Å². The topological polar surface area (TPSA) is 255 Å². The van der Waals surface area contributed by atoms with Crippen LogP contribution in [-0.2, 0) is 43.1 Å². The van der Waals surface area contributed by atoms with Crippen LogP contribution in [0.1, 0.15) is 75.6 Å². The summed E-state index contributed by atoms with van der Waals surface area (Å²) in [5.41, 5.74) is 8.49. The molecule has 4 unspecified atom stereocenters. The SMILES string of the molecule is CC1(C)C(C(N)=O)Cc2ccc(cc2)[C@@]1(C(=O)NC(=O)O)N1CCCC1N(c1ccon1)C1CCCN1[C@]1(C(=O)NC(=O)O)c2ccc(cc2)CC(C(N)=O)C1(C)C. The summed E-state index contributed by atoms with van der Waals surface area (Å²) < 4.78 is 5.45. The van der Waals surface area contributed by atoms with Crippen LogP contribution in [0.4, 0.5) is 15.4 Å². The third-order valence-electron chi connectivity index (χ3n) is 13.7. The molecule has 4 bridgehead atoms. The minimum Gasteiger partial charge on any atom is -0.465 e. The number of fused-ring (bicyclic) bond motifs is 10. The number of rotatable bonds is 9. The third kappa shape index (κ3) is 5.92. The Morgan fingerprint density at radius 3 is 1.41 bits per heavy atom. The molecule has 0 spiro atoms. The van der Waals surface area contributed by atoms with Gasteiger partial charge in [-0.25, -0.2) is 9.59 Å². The third-order valence-corrected chi connectivity index (χ3v) is 13.7. The predicted molar refractivity (Wildman–Crippen MR) is 207 cm³/mol. The molecule has 8 N–H and O–H groups in total. The van der Waals surface area contributed by atoms with Crippen LogP contribution in [0.15, 0.2) is 65.4 Å². The number of hydrogen-bond acceptors (Lipinski definition) is 11. The van der Waals surface area contributed by atoms with Crippen molar-refractivity contribution in [3.8, 4) is 0 Å². The van der Waals surface area contributed by atoms with Gasteiger partial charge in [-0.2, -0.15) is 0 Å². The van der Waals surface area contributed by atoms with Gasteiger partial charge in [0, 0.05) is 41.8 Å². The lowest BCUT2D eigenvalue weighted by molar-refractivity contribution is -0.156. The van der Waals surface area contributed by atoms with E-state index in [0.717, 1.165) is 11.1 Å². The maximum absolute atomic E-state index is 15.0. The van der Waals surface area contributed by atoms with Gasteiger partial charge in [-0.15, -0.1) is 0 Å². The second kappa shape index (κ2) is 14.5. The zero-order valence-corrected chi connectivity index (χ0v) is 32.9. The first-order valence-corrected chi connectivity index (χ1v) is 19.5. The van der Waals surface area contributed by atoms with E-state index in [9.17, 15) is 29.4 Å².